The zero-order chi connectivity index (χ0) is 8.43. The van der Waals surface area contributed by atoms with Gasteiger partial charge in [0.2, 0.25) is 0 Å². The van der Waals surface area contributed by atoms with Crippen LogP contribution in [0, 0.1) is 5.82 Å². The molecule has 0 spiro atoms. The van der Waals surface area contributed by atoms with Crippen molar-refractivity contribution < 1.29 is 9.13 Å². The van der Waals surface area contributed by atoms with Gasteiger partial charge in [0.1, 0.15) is 11.6 Å². The first-order valence-electron chi connectivity index (χ1n) is 2.83. The summed E-state index contributed by atoms with van der Waals surface area (Å²) in [6.45, 7) is 0. The standard InChI is InChI=1S/C7H5BrClFO/c1-11-7-3-6(10)4(8)2-5(7)9/h2-3H,1H3. The predicted octanol–water partition coefficient (Wildman–Crippen LogP) is 3.25. The van der Waals surface area contributed by atoms with Crippen LogP contribution in [0.3, 0.4) is 0 Å². The third kappa shape index (κ3) is 1.84. The Morgan fingerprint density at radius 3 is 2.73 bits per heavy atom. The Hall–Kier alpha value is -0.280. The summed E-state index contributed by atoms with van der Waals surface area (Å²) in [5.41, 5.74) is 0. The maximum atomic E-state index is 12.8. The minimum atomic E-state index is -0.383. The van der Waals surface area contributed by atoms with Crippen molar-refractivity contribution in [1.82, 2.24) is 0 Å². The van der Waals surface area contributed by atoms with Crippen LogP contribution in [0.4, 0.5) is 4.39 Å². The summed E-state index contributed by atoms with van der Waals surface area (Å²) >= 11 is 8.67. The zero-order valence-corrected chi connectivity index (χ0v) is 8.04. The van der Waals surface area contributed by atoms with Gasteiger partial charge in [-0.1, -0.05) is 11.6 Å². The van der Waals surface area contributed by atoms with E-state index in [4.69, 9.17) is 16.3 Å². The molecule has 60 valence electrons. The molecule has 0 aliphatic rings. The van der Waals surface area contributed by atoms with E-state index in [1.807, 2.05) is 0 Å². The normalized spacial score (nSPS) is 9.82. The highest BCUT2D eigenvalue weighted by molar-refractivity contribution is 9.10. The Morgan fingerprint density at radius 2 is 2.18 bits per heavy atom. The van der Waals surface area contributed by atoms with Crippen LogP contribution in [0.15, 0.2) is 16.6 Å². The summed E-state index contributed by atoms with van der Waals surface area (Å²) < 4.78 is 17.9. The zero-order valence-electron chi connectivity index (χ0n) is 5.70. The molecule has 0 amide bonds. The van der Waals surface area contributed by atoms with Crippen molar-refractivity contribution in [2.75, 3.05) is 7.11 Å². The third-order valence-corrected chi connectivity index (χ3v) is 2.10. The molecule has 0 fully saturated rings. The molecule has 0 radical (unpaired) electrons. The van der Waals surface area contributed by atoms with Gasteiger partial charge in [0, 0.05) is 6.07 Å². The Morgan fingerprint density at radius 1 is 1.55 bits per heavy atom. The van der Waals surface area contributed by atoms with Gasteiger partial charge < -0.3 is 4.74 Å². The van der Waals surface area contributed by atoms with Crippen LogP contribution in [-0.4, -0.2) is 7.11 Å². The second-order valence-electron chi connectivity index (χ2n) is 1.90. The highest BCUT2D eigenvalue weighted by Gasteiger charge is 2.05. The van der Waals surface area contributed by atoms with E-state index in [-0.39, 0.29) is 5.82 Å². The largest absolute Gasteiger partial charge is 0.495 e. The maximum absolute atomic E-state index is 12.8. The van der Waals surface area contributed by atoms with E-state index in [9.17, 15) is 4.39 Å². The Labute approximate surface area is 77.2 Å². The van der Waals surface area contributed by atoms with Crippen molar-refractivity contribution >= 4 is 27.5 Å². The molecule has 0 aromatic heterocycles. The topological polar surface area (TPSA) is 9.23 Å². The molecule has 1 nitrogen and oxygen atoms in total. The van der Waals surface area contributed by atoms with Crippen LogP contribution in [0.5, 0.6) is 5.75 Å². The van der Waals surface area contributed by atoms with Gasteiger partial charge in [-0.25, -0.2) is 4.39 Å². The summed E-state index contributed by atoms with van der Waals surface area (Å²) in [6.07, 6.45) is 0. The highest BCUT2D eigenvalue weighted by Crippen LogP contribution is 2.29. The van der Waals surface area contributed by atoms with Gasteiger partial charge in [0.15, 0.2) is 0 Å². The summed E-state index contributed by atoms with van der Waals surface area (Å²) in [5, 5.41) is 0.390. The lowest BCUT2D eigenvalue weighted by molar-refractivity contribution is 0.411. The van der Waals surface area contributed by atoms with Crippen LogP contribution >= 0.6 is 27.5 Å². The summed E-state index contributed by atoms with van der Waals surface area (Å²) in [5.74, 6) is -0.0429. The van der Waals surface area contributed by atoms with Gasteiger partial charge >= 0.3 is 0 Å². The van der Waals surface area contributed by atoms with Crippen molar-refractivity contribution in [1.29, 1.82) is 0 Å². The van der Waals surface area contributed by atoms with E-state index < -0.39 is 0 Å². The monoisotopic (exact) mass is 238 g/mol. The molecule has 1 aromatic carbocycles. The lowest BCUT2D eigenvalue weighted by Crippen LogP contribution is -1.86. The van der Waals surface area contributed by atoms with Crippen molar-refractivity contribution in [3.63, 3.8) is 0 Å². The van der Waals surface area contributed by atoms with Gasteiger partial charge in [-0.2, -0.15) is 0 Å². The molecule has 11 heavy (non-hydrogen) atoms. The molecule has 0 atom stereocenters. The number of hydrogen-bond donors (Lipinski definition) is 0. The van der Waals surface area contributed by atoms with Crippen molar-refractivity contribution in [2.45, 2.75) is 0 Å². The van der Waals surface area contributed by atoms with E-state index in [0.29, 0.717) is 15.2 Å². The summed E-state index contributed by atoms with van der Waals surface area (Å²) in [7, 11) is 1.44. The molecule has 1 aromatic rings. The van der Waals surface area contributed by atoms with Crippen molar-refractivity contribution in [3.8, 4) is 5.75 Å². The van der Waals surface area contributed by atoms with Crippen LogP contribution < -0.4 is 4.74 Å². The first-order valence-corrected chi connectivity index (χ1v) is 4.00. The van der Waals surface area contributed by atoms with Crippen LogP contribution in [0.2, 0.25) is 5.02 Å². The summed E-state index contributed by atoms with van der Waals surface area (Å²) in [6, 6.07) is 2.68. The lowest BCUT2D eigenvalue weighted by atomic mass is 10.3. The van der Waals surface area contributed by atoms with Gasteiger partial charge in [-0.05, 0) is 22.0 Å². The third-order valence-electron chi connectivity index (χ3n) is 1.19. The average Bonchev–Trinajstić information content (AvgIpc) is 1.97. The van der Waals surface area contributed by atoms with Gasteiger partial charge in [0.25, 0.3) is 0 Å². The quantitative estimate of drug-likeness (QED) is 0.684. The number of halogens is 3. The summed E-state index contributed by atoms with van der Waals surface area (Å²) in [4.78, 5) is 0. The molecular formula is C7H5BrClFO. The molecule has 0 saturated heterocycles. The molecule has 4 heteroatoms. The van der Waals surface area contributed by atoms with Gasteiger partial charge in [-0.15, -0.1) is 0 Å². The number of rotatable bonds is 1. The minimum Gasteiger partial charge on any atom is -0.495 e. The van der Waals surface area contributed by atoms with E-state index in [1.165, 1.54) is 19.2 Å². The number of methoxy groups -OCH3 is 1. The Bertz CT molecular complexity index is 277. The van der Waals surface area contributed by atoms with E-state index >= 15 is 0 Å². The number of ether oxygens (including phenoxy) is 1. The predicted molar refractivity (Wildman–Crippen MR) is 45.7 cm³/mol. The second kappa shape index (κ2) is 3.41. The molecule has 0 heterocycles. The fourth-order valence-electron chi connectivity index (χ4n) is 0.661. The SMILES string of the molecule is COc1cc(F)c(Br)cc1Cl. The van der Waals surface area contributed by atoms with Gasteiger partial charge in [-0.3, -0.25) is 0 Å². The lowest BCUT2D eigenvalue weighted by Gasteiger charge is -2.02. The molecular weight excluding hydrogens is 234 g/mol. The highest BCUT2D eigenvalue weighted by atomic mass is 79.9. The fraction of sp³-hybridized carbons (Fsp3) is 0.143. The molecule has 0 aliphatic heterocycles. The first-order chi connectivity index (χ1) is 5.15. The molecule has 0 N–H and O–H groups in total. The van der Waals surface area contributed by atoms with Gasteiger partial charge in [0.05, 0.1) is 16.6 Å². The number of hydrogen-bond acceptors (Lipinski definition) is 1. The average molecular weight is 239 g/mol. The van der Waals surface area contributed by atoms with E-state index in [0.717, 1.165) is 0 Å². The fourth-order valence-corrected chi connectivity index (χ4v) is 1.38. The molecule has 0 unspecified atom stereocenters. The van der Waals surface area contributed by atoms with Crippen LogP contribution in [0.25, 0.3) is 0 Å². The smallest absolute Gasteiger partial charge is 0.141 e. The van der Waals surface area contributed by atoms with Crippen molar-refractivity contribution in [2.24, 2.45) is 0 Å². The second-order valence-corrected chi connectivity index (χ2v) is 3.16. The first kappa shape index (κ1) is 8.81. The van der Waals surface area contributed by atoms with Crippen LogP contribution in [-0.2, 0) is 0 Å². The number of benzene rings is 1. The molecule has 0 aliphatic carbocycles. The maximum Gasteiger partial charge on any atom is 0.141 e. The molecule has 0 saturated carbocycles. The Kier molecular flexibility index (Phi) is 2.73. The molecule has 0 bridgehead atoms. The Balaban J connectivity index is 3.21. The van der Waals surface area contributed by atoms with E-state index in [2.05, 4.69) is 15.9 Å². The minimum absolute atomic E-state index is 0.336. The van der Waals surface area contributed by atoms with Crippen LogP contribution in [0.1, 0.15) is 0 Å². The van der Waals surface area contributed by atoms with Crippen molar-refractivity contribution in [3.05, 3.63) is 27.4 Å². The van der Waals surface area contributed by atoms with E-state index in [1.54, 1.807) is 0 Å². The molecule has 1 rings (SSSR count).